The van der Waals surface area contributed by atoms with Crippen LogP contribution in [0.3, 0.4) is 0 Å². The largest absolute Gasteiger partial charge is 0.489 e. The minimum atomic E-state index is -0.527. The first kappa shape index (κ1) is 22.9. The normalized spacial score (nSPS) is 14.7. The molecule has 1 saturated heterocycles. The van der Waals surface area contributed by atoms with Crippen LogP contribution in [0.25, 0.3) is 6.08 Å². The Kier molecular flexibility index (Phi) is 6.73. The van der Waals surface area contributed by atoms with Crippen LogP contribution < -0.4 is 9.64 Å². The highest BCUT2D eigenvalue weighted by Crippen LogP contribution is 2.37. The van der Waals surface area contributed by atoms with E-state index in [2.05, 4.69) is 0 Å². The third-order valence-electron chi connectivity index (χ3n) is 4.72. The van der Waals surface area contributed by atoms with E-state index in [-0.39, 0.29) is 33.1 Å². The average Bonchev–Trinajstić information content (AvgIpc) is 3.07. The van der Waals surface area contributed by atoms with E-state index in [1.165, 1.54) is 35.2 Å². The van der Waals surface area contributed by atoms with Gasteiger partial charge in [0.1, 0.15) is 18.2 Å². The number of rotatable bonds is 6. The maximum atomic E-state index is 13.9. The van der Waals surface area contributed by atoms with Crippen molar-refractivity contribution >= 4 is 63.3 Å². The Labute approximate surface area is 202 Å². The first-order chi connectivity index (χ1) is 15.8. The minimum absolute atomic E-state index is 0.0211. The summed E-state index contributed by atoms with van der Waals surface area (Å²) in [5, 5.41) is 11.3. The van der Waals surface area contributed by atoms with Gasteiger partial charge in [-0.2, -0.15) is 0 Å². The summed E-state index contributed by atoms with van der Waals surface area (Å²) in [5.41, 5.74) is 1.21. The van der Waals surface area contributed by atoms with E-state index in [4.69, 9.17) is 28.6 Å². The maximum absolute atomic E-state index is 13.9. The second-order valence-corrected chi connectivity index (χ2v) is 8.93. The highest BCUT2D eigenvalue weighted by atomic mass is 35.5. The molecule has 0 atom stereocenters. The molecule has 0 radical (unpaired) electrons. The summed E-state index contributed by atoms with van der Waals surface area (Å²) in [6, 6.07) is 17.1. The van der Waals surface area contributed by atoms with Crippen molar-refractivity contribution in [1.82, 2.24) is 0 Å². The predicted molar refractivity (Wildman–Crippen MR) is 131 cm³/mol. The first-order valence-electron chi connectivity index (χ1n) is 9.51. The van der Waals surface area contributed by atoms with Gasteiger partial charge in [-0.3, -0.25) is 19.8 Å². The number of hydrogen-bond acceptors (Lipinski definition) is 6. The highest BCUT2D eigenvalue weighted by molar-refractivity contribution is 8.27. The summed E-state index contributed by atoms with van der Waals surface area (Å²) in [6.07, 6.45) is 1.67. The lowest BCUT2D eigenvalue weighted by atomic mass is 10.2. The van der Waals surface area contributed by atoms with Crippen LogP contribution in [0.15, 0.2) is 71.6 Å². The zero-order chi connectivity index (χ0) is 23.5. The number of hydrogen-bond donors (Lipinski definition) is 0. The third-order valence-corrected chi connectivity index (χ3v) is 6.37. The summed E-state index contributed by atoms with van der Waals surface area (Å²) >= 11 is 12.4. The van der Waals surface area contributed by atoms with Gasteiger partial charge in [-0.25, -0.2) is 4.39 Å². The number of non-ortho nitro benzene ring substituents is 1. The van der Waals surface area contributed by atoms with Crippen LogP contribution in [0.4, 0.5) is 15.8 Å². The summed E-state index contributed by atoms with van der Waals surface area (Å²) in [4.78, 5) is 25.1. The van der Waals surface area contributed by atoms with Crippen LogP contribution in [-0.4, -0.2) is 15.2 Å². The van der Waals surface area contributed by atoms with Gasteiger partial charge in [0.15, 0.2) is 4.32 Å². The van der Waals surface area contributed by atoms with Crippen LogP contribution in [0.5, 0.6) is 5.75 Å². The van der Waals surface area contributed by atoms with Gasteiger partial charge in [0.05, 0.1) is 20.5 Å². The number of ether oxygens (including phenoxy) is 1. The molecular formula is C23H14ClFN2O4S2. The molecule has 3 aromatic rings. The van der Waals surface area contributed by atoms with Gasteiger partial charge < -0.3 is 4.74 Å². The first-order valence-corrected chi connectivity index (χ1v) is 11.1. The van der Waals surface area contributed by atoms with E-state index >= 15 is 0 Å². The van der Waals surface area contributed by atoms with E-state index < -0.39 is 10.7 Å². The van der Waals surface area contributed by atoms with Crippen molar-refractivity contribution in [3.05, 3.63) is 104 Å². The van der Waals surface area contributed by atoms with Gasteiger partial charge in [0.25, 0.3) is 11.6 Å². The molecule has 1 fully saturated rings. The molecule has 0 N–H and O–H groups in total. The smallest absolute Gasteiger partial charge is 0.271 e. The topological polar surface area (TPSA) is 72.7 Å². The van der Waals surface area contributed by atoms with Gasteiger partial charge >= 0.3 is 0 Å². The fourth-order valence-electron chi connectivity index (χ4n) is 3.07. The molecule has 33 heavy (non-hydrogen) atoms. The van der Waals surface area contributed by atoms with Crippen molar-refractivity contribution < 1.29 is 18.8 Å². The Morgan fingerprint density at radius 1 is 1.15 bits per heavy atom. The van der Waals surface area contributed by atoms with Crippen LogP contribution in [0.2, 0.25) is 5.02 Å². The maximum Gasteiger partial charge on any atom is 0.271 e. The number of carbonyl (C=O) groups excluding carboxylic acids is 1. The van der Waals surface area contributed by atoms with Crippen molar-refractivity contribution in [1.29, 1.82) is 0 Å². The molecule has 0 bridgehead atoms. The lowest BCUT2D eigenvalue weighted by molar-refractivity contribution is -0.384. The van der Waals surface area contributed by atoms with Crippen molar-refractivity contribution in [3.63, 3.8) is 0 Å². The summed E-state index contributed by atoms with van der Waals surface area (Å²) in [5.74, 6) is -0.291. The number of halogens is 2. The van der Waals surface area contributed by atoms with E-state index in [0.29, 0.717) is 16.3 Å². The Bertz CT molecular complexity index is 1280. The zero-order valence-corrected chi connectivity index (χ0v) is 19.1. The SMILES string of the molecule is O=C1/C(=C\c2ccc(OCc3c(F)cccc3Cl)cc2)SC(=S)N1c1cccc([N+](=O)[O-])c1. The molecule has 166 valence electrons. The van der Waals surface area contributed by atoms with E-state index in [9.17, 15) is 19.3 Å². The number of thiocarbonyl (C=S) groups is 1. The lowest BCUT2D eigenvalue weighted by Gasteiger charge is -2.13. The number of amides is 1. The lowest BCUT2D eigenvalue weighted by Crippen LogP contribution is -2.27. The number of thioether (sulfide) groups is 1. The third kappa shape index (κ3) is 5.05. The van der Waals surface area contributed by atoms with Crippen LogP contribution in [0, 0.1) is 15.9 Å². The molecule has 1 aliphatic heterocycles. The number of benzene rings is 3. The Morgan fingerprint density at radius 2 is 1.88 bits per heavy atom. The molecule has 6 nitrogen and oxygen atoms in total. The van der Waals surface area contributed by atoms with Crippen molar-refractivity contribution in [2.24, 2.45) is 0 Å². The van der Waals surface area contributed by atoms with Gasteiger partial charge in [-0.1, -0.05) is 59.8 Å². The van der Waals surface area contributed by atoms with E-state index in [0.717, 1.165) is 17.3 Å². The highest BCUT2D eigenvalue weighted by Gasteiger charge is 2.33. The molecule has 1 aliphatic rings. The van der Waals surface area contributed by atoms with Crippen LogP contribution in [-0.2, 0) is 11.4 Å². The van der Waals surface area contributed by atoms with Crippen molar-refractivity contribution in [2.75, 3.05) is 4.90 Å². The molecule has 1 amide bonds. The van der Waals surface area contributed by atoms with Gasteiger partial charge in [-0.05, 0) is 42.0 Å². The second kappa shape index (κ2) is 9.70. The molecule has 0 spiro atoms. The summed E-state index contributed by atoms with van der Waals surface area (Å²) in [6.45, 7) is -0.0211. The van der Waals surface area contributed by atoms with Gasteiger partial charge in [0, 0.05) is 17.7 Å². The molecular weight excluding hydrogens is 487 g/mol. The Morgan fingerprint density at radius 3 is 2.58 bits per heavy atom. The molecule has 1 heterocycles. The van der Waals surface area contributed by atoms with Crippen molar-refractivity contribution in [3.8, 4) is 5.75 Å². The molecule has 0 aromatic heterocycles. The number of carbonyl (C=O) groups is 1. The van der Waals surface area contributed by atoms with E-state index in [1.807, 2.05) is 0 Å². The molecule has 3 aromatic carbocycles. The van der Waals surface area contributed by atoms with Crippen LogP contribution in [0.1, 0.15) is 11.1 Å². The Balaban J connectivity index is 1.48. The van der Waals surface area contributed by atoms with Crippen molar-refractivity contribution in [2.45, 2.75) is 6.61 Å². The number of nitro groups is 1. The zero-order valence-electron chi connectivity index (χ0n) is 16.7. The number of nitrogens with zero attached hydrogens (tertiary/aromatic N) is 2. The summed E-state index contributed by atoms with van der Waals surface area (Å²) < 4.78 is 19.8. The monoisotopic (exact) mass is 500 g/mol. The number of anilines is 1. The van der Waals surface area contributed by atoms with E-state index in [1.54, 1.807) is 42.5 Å². The molecule has 0 saturated carbocycles. The summed E-state index contributed by atoms with van der Waals surface area (Å²) in [7, 11) is 0. The second-order valence-electron chi connectivity index (χ2n) is 6.85. The fourth-order valence-corrected chi connectivity index (χ4v) is 4.59. The minimum Gasteiger partial charge on any atom is -0.489 e. The average molecular weight is 501 g/mol. The standard InChI is InChI=1S/C23H14ClFN2O4S2/c24-19-5-2-6-20(25)18(19)13-31-17-9-7-14(8-10-17)11-21-22(28)26(23(32)33-21)15-3-1-4-16(12-15)27(29)30/h1-12H,13H2/b21-11+. The quantitative estimate of drug-likeness (QED) is 0.169. The van der Waals surface area contributed by atoms with Crippen LogP contribution >= 0.6 is 35.6 Å². The van der Waals surface area contributed by atoms with Gasteiger partial charge in [-0.15, -0.1) is 0 Å². The predicted octanol–water partition coefficient (Wildman–Crippen LogP) is 6.37. The fraction of sp³-hybridized carbons (Fsp3) is 0.0435. The van der Waals surface area contributed by atoms with Gasteiger partial charge in [0.2, 0.25) is 0 Å². The molecule has 10 heteroatoms. The Hall–Kier alpha value is -3.27. The molecule has 4 rings (SSSR count). The number of nitro benzene ring substituents is 1. The molecule has 0 unspecified atom stereocenters. The molecule has 0 aliphatic carbocycles.